The Labute approximate surface area is 185 Å². The van der Waals surface area contributed by atoms with Crippen LogP contribution < -0.4 is 5.32 Å². The largest absolute Gasteiger partial charge is 0.385 e. The van der Waals surface area contributed by atoms with Crippen LogP contribution in [0.5, 0.6) is 0 Å². The standard InChI is InChI=1S/C21H32N4O2.HI/c1-3-22-21(23-16-18-15-17-7-4-5-8-20(17)24-18)25-11-9-19(10-12-25)27-14-6-13-26-2;/h4-5,7-8,15,19,24H,3,6,9-14,16H2,1-2H3,(H,22,23);1H. The van der Waals surface area contributed by atoms with Gasteiger partial charge in [0.1, 0.15) is 0 Å². The number of rotatable bonds is 8. The molecule has 2 heterocycles. The van der Waals surface area contributed by atoms with Crippen LogP contribution in [0.15, 0.2) is 35.3 Å². The number of piperidine rings is 1. The molecule has 1 aromatic carbocycles. The lowest BCUT2D eigenvalue weighted by molar-refractivity contribution is 0.00990. The van der Waals surface area contributed by atoms with Gasteiger partial charge in [0.15, 0.2) is 5.96 Å². The molecular weight excluding hydrogens is 467 g/mol. The number of hydrogen-bond donors (Lipinski definition) is 2. The maximum Gasteiger partial charge on any atom is 0.194 e. The van der Waals surface area contributed by atoms with Crippen LogP contribution in [-0.4, -0.2) is 61.9 Å². The Morgan fingerprint density at radius 3 is 2.75 bits per heavy atom. The summed E-state index contributed by atoms with van der Waals surface area (Å²) in [6.07, 6.45) is 3.41. The normalized spacial score (nSPS) is 15.6. The fourth-order valence-corrected chi connectivity index (χ4v) is 3.49. The average molecular weight is 500 g/mol. The number of nitrogens with zero attached hydrogens (tertiary/aromatic N) is 2. The number of benzene rings is 1. The first-order chi connectivity index (χ1) is 13.3. The Morgan fingerprint density at radius 2 is 2.04 bits per heavy atom. The van der Waals surface area contributed by atoms with E-state index in [0.29, 0.717) is 12.6 Å². The van der Waals surface area contributed by atoms with Gasteiger partial charge in [0, 0.05) is 51.2 Å². The van der Waals surface area contributed by atoms with E-state index < -0.39 is 0 Å². The van der Waals surface area contributed by atoms with Crippen molar-refractivity contribution in [3.8, 4) is 0 Å². The van der Waals surface area contributed by atoms with E-state index in [1.807, 2.05) is 0 Å². The van der Waals surface area contributed by atoms with Gasteiger partial charge >= 0.3 is 0 Å². The van der Waals surface area contributed by atoms with Crippen molar-refractivity contribution < 1.29 is 9.47 Å². The van der Waals surface area contributed by atoms with Crippen molar-refractivity contribution >= 4 is 40.8 Å². The first-order valence-electron chi connectivity index (χ1n) is 10.0. The SMILES string of the molecule is CCNC(=NCc1cc2ccccc2[nH]1)N1CCC(OCCCOC)CC1.I. The highest BCUT2D eigenvalue weighted by Gasteiger charge is 2.21. The second kappa shape index (κ2) is 12.3. The molecule has 1 aliphatic heterocycles. The summed E-state index contributed by atoms with van der Waals surface area (Å²) in [5, 5.41) is 4.67. The molecular formula is C21H33IN4O2. The topological polar surface area (TPSA) is 61.9 Å². The molecule has 28 heavy (non-hydrogen) atoms. The van der Waals surface area contributed by atoms with E-state index in [1.165, 1.54) is 10.9 Å². The number of halogens is 1. The minimum Gasteiger partial charge on any atom is -0.385 e. The van der Waals surface area contributed by atoms with Crippen molar-refractivity contribution in [2.24, 2.45) is 4.99 Å². The van der Waals surface area contributed by atoms with Crippen LogP contribution in [0, 0.1) is 0 Å². The number of nitrogens with one attached hydrogen (secondary N) is 2. The van der Waals surface area contributed by atoms with Crippen molar-refractivity contribution in [1.82, 2.24) is 15.2 Å². The monoisotopic (exact) mass is 500 g/mol. The third kappa shape index (κ3) is 6.63. The first-order valence-corrected chi connectivity index (χ1v) is 10.0. The number of likely N-dealkylation sites (tertiary alicyclic amines) is 1. The fraction of sp³-hybridized carbons (Fsp3) is 0.571. The summed E-state index contributed by atoms with van der Waals surface area (Å²) >= 11 is 0. The lowest BCUT2D eigenvalue weighted by Crippen LogP contribution is -2.47. The number of H-pyrrole nitrogens is 1. The molecule has 3 rings (SSSR count). The molecule has 0 radical (unpaired) electrons. The summed E-state index contributed by atoms with van der Waals surface area (Å²) in [4.78, 5) is 10.7. The van der Waals surface area contributed by atoms with Crippen molar-refractivity contribution in [3.05, 3.63) is 36.0 Å². The molecule has 6 nitrogen and oxygen atoms in total. The van der Waals surface area contributed by atoms with Crippen LogP contribution in [0.4, 0.5) is 0 Å². The predicted molar refractivity (Wildman–Crippen MR) is 126 cm³/mol. The van der Waals surface area contributed by atoms with Crippen LogP contribution in [-0.2, 0) is 16.0 Å². The number of fused-ring (bicyclic) bond motifs is 1. The zero-order valence-electron chi connectivity index (χ0n) is 16.9. The van der Waals surface area contributed by atoms with Gasteiger partial charge < -0.3 is 24.7 Å². The Bertz CT molecular complexity index is 693. The van der Waals surface area contributed by atoms with Gasteiger partial charge in [0.05, 0.1) is 12.6 Å². The Balaban J connectivity index is 0.00000280. The van der Waals surface area contributed by atoms with Gasteiger partial charge in [-0.2, -0.15) is 0 Å². The highest BCUT2D eigenvalue weighted by molar-refractivity contribution is 14.0. The molecule has 0 unspecified atom stereocenters. The Hall–Kier alpha value is -1.32. The number of aliphatic imine (C=N–C) groups is 1. The lowest BCUT2D eigenvalue weighted by Gasteiger charge is -2.34. The summed E-state index contributed by atoms with van der Waals surface area (Å²) in [6, 6.07) is 10.5. The molecule has 0 aliphatic carbocycles. The second-order valence-corrected chi connectivity index (χ2v) is 6.96. The highest BCUT2D eigenvalue weighted by atomic mass is 127. The van der Waals surface area contributed by atoms with Crippen LogP contribution in [0.25, 0.3) is 10.9 Å². The third-order valence-electron chi connectivity index (χ3n) is 4.91. The molecule has 1 aromatic heterocycles. The number of aromatic nitrogens is 1. The molecule has 7 heteroatoms. The van der Waals surface area contributed by atoms with Crippen molar-refractivity contribution in [1.29, 1.82) is 0 Å². The summed E-state index contributed by atoms with van der Waals surface area (Å²) in [5.41, 5.74) is 2.31. The zero-order chi connectivity index (χ0) is 18.9. The summed E-state index contributed by atoms with van der Waals surface area (Å²) in [5.74, 6) is 0.994. The highest BCUT2D eigenvalue weighted by Crippen LogP contribution is 2.17. The molecule has 1 fully saturated rings. The van der Waals surface area contributed by atoms with Crippen LogP contribution in [0.3, 0.4) is 0 Å². The molecule has 0 atom stereocenters. The molecule has 0 saturated carbocycles. The molecule has 1 saturated heterocycles. The maximum absolute atomic E-state index is 5.96. The van der Waals surface area contributed by atoms with E-state index in [4.69, 9.17) is 14.5 Å². The molecule has 156 valence electrons. The molecule has 0 bridgehead atoms. The number of guanidine groups is 1. The van der Waals surface area contributed by atoms with Crippen molar-refractivity contribution in [3.63, 3.8) is 0 Å². The quantitative estimate of drug-likeness (QED) is 0.251. The van der Waals surface area contributed by atoms with E-state index in [2.05, 4.69) is 52.5 Å². The Morgan fingerprint density at radius 1 is 1.25 bits per heavy atom. The minimum atomic E-state index is 0. The number of para-hydroxylation sites is 1. The van der Waals surface area contributed by atoms with E-state index in [1.54, 1.807) is 7.11 Å². The van der Waals surface area contributed by atoms with E-state index in [9.17, 15) is 0 Å². The number of ether oxygens (including phenoxy) is 2. The van der Waals surface area contributed by atoms with Gasteiger partial charge in [-0.3, -0.25) is 0 Å². The maximum atomic E-state index is 5.96. The summed E-state index contributed by atoms with van der Waals surface area (Å²) in [6.45, 7) is 7.16. The van der Waals surface area contributed by atoms with Crippen LogP contribution in [0.1, 0.15) is 31.9 Å². The van der Waals surface area contributed by atoms with Crippen LogP contribution >= 0.6 is 24.0 Å². The van der Waals surface area contributed by atoms with E-state index >= 15 is 0 Å². The Kier molecular flexibility index (Phi) is 10.1. The summed E-state index contributed by atoms with van der Waals surface area (Å²) in [7, 11) is 1.73. The first kappa shape index (κ1) is 23.0. The summed E-state index contributed by atoms with van der Waals surface area (Å²) < 4.78 is 11.0. The van der Waals surface area contributed by atoms with Gasteiger partial charge in [-0.15, -0.1) is 24.0 Å². The van der Waals surface area contributed by atoms with Gasteiger partial charge in [-0.05, 0) is 43.7 Å². The number of methoxy groups -OCH3 is 1. The lowest BCUT2D eigenvalue weighted by atomic mass is 10.1. The number of aromatic amines is 1. The predicted octanol–water partition coefficient (Wildman–Crippen LogP) is 3.77. The molecule has 1 aliphatic rings. The minimum absolute atomic E-state index is 0. The van der Waals surface area contributed by atoms with Gasteiger partial charge in [-0.25, -0.2) is 4.99 Å². The van der Waals surface area contributed by atoms with Crippen molar-refractivity contribution in [2.45, 2.75) is 38.8 Å². The molecule has 0 amide bonds. The average Bonchev–Trinajstić information content (AvgIpc) is 3.12. The number of hydrogen-bond acceptors (Lipinski definition) is 3. The van der Waals surface area contributed by atoms with Gasteiger partial charge in [0.25, 0.3) is 0 Å². The molecule has 2 N–H and O–H groups in total. The zero-order valence-corrected chi connectivity index (χ0v) is 19.3. The third-order valence-corrected chi connectivity index (χ3v) is 4.91. The molecule has 2 aromatic rings. The smallest absolute Gasteiger partial charge is 0.194 e. The van der Waals surface area contributed by atoms with Gasteiger partial charge in [0.2, 0.25) is 0 Å². The second-order valence-electron chi connectivity index (χ2n) is 6.96. The van der Waals surface area contributed by atoms with Gasteiger partial charge in [-0.1, -0.05) is 18.2 Å². The van der Waals surface area contributed by atoms with Crippen LogP contribution in [0.2, 0.25) is 0 Å². The fourth-order valence-electron chi connectivity index (χ4n) is 3.49. The van der Waals surface area contributed by atoms with E-state index in [-0.39, 0.29) is 24.0 Å². The molecule has 0 spiro atoms. The van der Waals surface area contributed by atoms with E-state index in [0.717, 1.165) is 63.8 Å². The van der Waals surface area contributed by atoms with Crippen molar-refractivity contribution in [2.75, 3.05) is 40.0 Å².